The largest absolute Gasteiger partial charge is 0.493 e. The van der Waals surface area contributed by atoms with Gasteiger partial charge in [-0.05, 0) is 30.5 Å². The molecular formula is C16H18N2O3. The molecule has 3 rings (SSSR count). The number of esters is 1. The van der Waals surface area contributed by atoms with Crippen LogP contribution in [0, 0.1) is 0 Å². The summed E-state index contributed by atoms with van der Waals surface area (Å²) in [5, 5.41) is 4.20. The molecule has 2 aromatic rings. The zero-order valence-corrected chi connectivity index (χ0v) is 12.0. The van der Waals surface area contributed by atoms with E-state index in [-0.39, 0.29) is 5.97 Å². The van der Waals surface area contributed by atoms with Gasteiger partial charge in [0.15, 0.2) is 0 Å². The number of hydrogen-bond donors (Lipinski definition) is 0. The zero-order chi connectivity index (χ0) is 14.7. The third kappa shape index (κ3) is 3.07. The van der Waals surface area contributed by atoms with E-state index in [9.17, 15) is 4.79 Å². The number of rotatable bonds is 5. The van der Waals surface area contributed by atoms with E-state index in [1.165, 1.54) is 11.1 Å². The van der Waals surface area contributed by atoms with Crippen LogP contribution >= 0.6 is 0 Å². The minimum atomic E-state index is -0.321. The Morgan fingerprint density at radius 3 is 3.24 bits per heavy atom. The molecule has 21 heavy (non-hydrogen) atoms. The Morgan fingerprint density at radius 1 is 1.48 bits per heavy atom. The summed E-state index contributed by atoms with van der Waals surface area (Å²) in [4.78, 5) is 11.6. The number of carbonyl (C=O) groups is 1. The van der Waals surface area contributed by atoms with Gasteiger partial charge >= 0.3 is 5.97 Å². The molecule has 0 aliphatic carbocycles. The van der Waals surface area contributed by atoms with Crippen LogP contribution in [0.2, 0.25) is 0 Å². The fourth-order valence-electron chi connectivity index (χ4n) is 2.44. The number of fused-ring (bicyclic) bond motifs is 1. The summed E-state index contributed by atoms with van der Waals surface area (Å²) in [7, 11) is 0. The van der Waals surface area contributed by atoms with Crippen molar-refractivity contribution in [3.8, 4) is 5.75 Å². The number of aromatic nitrogens is 2. The molecule has 0 N–H and O–H groups in total. The quantitative estimate of drug-likeness (QED) is 0.791. The van der Waals surface area contributed by atoms with Crippen LogP contribution in [-0.2, 0) is 24.1 Å². The number of nitrogens with zero attached hydrogens (tertiary/aromatic N) is 2. The summed E-state index contributed by atoms with van der Waals surface area (Å²) < 4.78 is 12.2. The monoisotopic (exact) mass is 286 g/mol. The maximum Gasteiger partial charge on any atom is 0.341 e. The molecule has 1 aliphatic heterocycles. The molecule has 0 atom stereocenters. The Kier molecular flexibility index (Phi) is 3.90. The van der Waals surface area contributed by atoms with Crippen molar-refractivity contribution in [1.82, 2.24) is 9.78 Å². The fraction of sp³-hybridized carbons (Fsp3) is 0.375. The van der Waals surface area contributed by atoms with E-state index >= 15 is 0 Å². The van der Waals surface area contributed by atoms with Crippen molar-refractivity contribution in [3.05, 3.63) is 47.3 Å². The average Bonchev–Trinajstić information content (AvgIpc) is 3.14. The number of benzene rings is 1. The maximum absolute atomic E-state index is 11.6. The number of hydrogen-bond acceptors (Lipinski definition) is 4. The molecule has 5 heteroatoms. The highest BCUT2D eigenvalue weighted by molar-refractivity contribution is 5.88. The predicted molar refractivity (Wildman–Crippen MR) is 77.5 cm³/mol. The van der Waals surface area contributed by atoms with E-state index in [0.717, 1.165) is 31.7 Å². The van der Waals surface area contributed by atoms with Crippen LogP contribution in [0.3, 0.4) is 0 Å². The summed E-state index contributed by atoms with van der Waals surface area (Å²) in [6.45, 7) is 3.68. The zero-order valence-electron chi connectivity index (χ0n) is 12.0. The fourth-order valence-corrected chi connectivity index (χ4v) is 2.44. The second-order valence-electron chi connectivity index (χ2n) is 5.00. The molecule has 0 bridgehead atoms. The second kappa shape index (κ2) is 5.99. The van der Waals surface area contributed by atoms with E-state index in [1.54, 1.807) is 24.0 Å². The first-order valence-electron chi connectivity index (χ1n) is 7.20. The van der Waals surface area contributed by atoms with Gasteiger partial charge in [0.2, 0.25) is 0 Å². The second-order valence-corrected chi connectivity index (χ2v) is 5.00. The number of ether oxygens (including phenoxy) is 2. The molecule has 5 nitrogen and oxygen atoms in total. The average molecular weight is 286 g/mol. The lowest BCUT2D eigenvalue weighted by Crippen LogP contribution is -2.04. The third-order valence-electron chi connectivity index (χ3n) is 3.53. The Hall–Kier alpha value is -2.30. The SMILES string of the molecule is CCOC(=O)c1cnn(CCc2ccc3c(c2)CCO3)c1. The summed E-state index contributed by atoms with van der Waals surface area (Å²) in [6.07, 6.45) is 5.14. The van der Waals surface area contributed by atoms with Crippen LogP contribution in [-0.4, -0.2) is 29.0 Å². The van der Waals surface area contributed by atoms with Gasteiger partial charge in [0.05, 0.1) is 25.0 Å². The van der Waals surface area contributed by atoms with E-state index in [1.807, 2.05) is 6.07 Å². The molecule has 0 amide bonds. The van der Waals surface area contributed by atoms with Crippen LogP contribution in [0.15, 0.2) is 30.6 Å². The first-order valence-corrected chi connectivity index (χ1v) is 7.20. The van der Waals surface area contributed by atoms with Crippen molar-refractivity contribution in [2.45, 2.75) is 26.3 Å². The topological polar surface area (TPSA) is 53.3 Å². The van der Waals surface area contributed by atoms with Gasteiger partial charge in [0, 0.05) is 19.2 Å². The molecule has 1 aliphatic rings. The Labute approximate surface area is 123 Å². The standard InChI is InChI=1S/C16H18N2O3/c1-2-20-16(19)14-10-17-18(11-14)7-5-12-3-4-15-13(9-12)6-8-21-15/h3-4,9-11H,2,5-8H2,1H3. The smallest absolute Gasteiger partial charge is 0.341 e. The van der Waals surface area contributed by atoms with Gasteiger partial charge in [0.1, 0.15) is 5.75 Å². The highest BCUT2D eigenvalue weighted by atomic mass is 16.5. The molecule has 110 valence electrons. The van der Waals surface area contributed by atoms with E-state index < -0.39 is 0 Å². The lowest BCUT2D eigenvalue weighted by molar-refractivity contribution is 0.0526. The number of carbonyl (C=O) groups excluding carboxylic acids is 1. The van der Waals surface area contributed by atoms with Gasteiger partial charge in [-0.25, -0.2) is 4.79 Å². The van der Waals surface area contributed by atoms with E-state index in [4.69, 9.17) is 9.47 Å². The molecule has 2 heterocycles. The summed E-state index contributed by atoms with van der Waals surface area (Å²) in [6, 6.07) is 6.31. The summed E-state index contributed by atoms with van der Waals surface area (Å²) in [5.41, 5.74) is 3.03. The first kappa shape index (κ1) is 13.7. The maximum atomic E-state index is 11.6. The van der Waals surface area contributed by atoms with Crippen molar-refractivity contribution in [1.29, 1.82) is 0 Å². The molecule has 0 spiro atoms. The summed E-state index contributed by atoms with van der Waals surface area (Å²) in [5.74, 6) is 0.681. The van der Waals surface area contributed by atoms with Gasteiger partial charge < -0.3 is 9.47 Å². The normalized spacial score (nSPS) is 12.8. The van der Waals surface area contributed by atoms with Gasteiger partial charge in [-0.3, -0.25) is 4.68 Å². The molecule has 1 aromatic carbocycles. The van der Waals surface area contributed by atoms with Crippen molar-refractivity contribution in [2.75, 3.05) is 13.2 Å². The van der Waals surface area contributed by atoms with E-state index in [2.05, 4.69) is 17.2 Å². The Morgan fingerprint density at radius 2 is 2.38 bits per heavy atom. The summed E-state index contributed by atoms with van der Waals surface area (Å²) >= 11 is 0. The van der Waals surface area contributed by atoms with Crippen LogP contribution < -0.4 is 4.74 Å². The lowest BCUT2D eigenvalue weighted by Gasteiger charge is -2.04. The highest BCUT2D eigenvalue weighted by Crippen LogP contribution is 2.26. The van der Waals surface area contributed by atoms with Crippen molar-refractivity contribution >= 4 is 5.97 Å². The third-order valence-corrected chi connectivity index (χ3v) is 3.53. The number of aryl methyl sites for hydroxylation is 2. The molecule has 0 unspecified atom stereocenters. The Balaban J connectivity index is 1.61. The predicted octanol–water partition coefficient (Wildman–Crippen LogP) is 2.24. The van der Waals surface area contributed by atoms with Gasteiger partial charge in [-0.1, -0.05) is 12.1 Å². The minimum absolute atomic E-state index is 0.321. The molecule has 0 saturated heterocycles. The van der Waals surface area contributed by atoms with Crippen LogP contribution in [0.5, 0.6) is 5.75 Å². The van der Waals surface area contributed by atoms with Crippen LogP contribution in [0.4, 0.5) is 0 Å². The lowest BCUT2D eigenvalue weighted by atomic mass is 10.1. The van der Waals surface area contributed by atoms with Crippen LogP contribution in [0.1, 0.15) is 28.4 Å². The van der Waals surface area contributed by atoms with Gasteiger partial charge in [-0.2, -0.15) is 5.10 Å². The van der Waals surface area contributed by atoms with E-state index in [0.29, 0.717) is 12.2 Å². The van der Waals surface area contributed by atoms with Crippen molar-refractivity contribution in [3.63, 3.8) is 0 Å². The molecule has 1 aromatic heterocycles. The van der Waals surface area contributed by atoms with Gasteiger partial charge in [-0.15, -0.1) is 0 Å². The highest BCUT2D eigenvalue weighted by Gasteiger charge is 2.12. The van der Waals surface area contributed by atoms with Crippen LogP contribution in [0.25, 0.3) is 0 Å². The molecule has 0 saturated carbocycles. The molecule has 0 fully saturated rings. The Bertz CT molecular complexity index is 649. The van der Waals surface area contributed by atoms with Crippen molar-refractivity contribution < 1.29 is 14.3 Å². The first-order chi connectivity index (χ1) is 10.3. The molecule has 0 radical (unpaired) electrons. The molecular weight excluding hydrogens is 268 g/mol. The van der Waals surface area contributed by atoms with Crippen molar-refractivity contribution in [2.24, 2.45) is 0 Å². The van der Waals surface area contributed by atoms with Gasteiger partial charge in [0.25, 0.3) is 0 Å². The minimum Gasteiger partial charge on any atom is -0.493 e.